The second-order valence-corrected chi connectivity index (χ2v) is 21.3. The van der Waals surface area contributed by atoms with Gasteiger partial charge in [-0.2, -0.15) is 0 Å². The van der Waals surface area contributed by atoms with Gasteiger partial charge in [0.05, 0.1) is 6.61 Å². The normalized spacial score (nSPS) is 18.3. The summed E-state index contributed by atoms with van der Waals surface area (Å²) in [7, 11) is 0. The number of aliphatic carboxylic acids is 1. The van der Waals surface area contributed by atoms with Gasteiger partial charge in [-0.3, -0.25) is 14.4 Å². The molecule has 1 rings (SSSR count). The summed E-state index contributed by atoms with van der Waals surface area (Å²) in [5, 5.41) is 31.5. The van der Waals surface area contributed by atoms with Crippen LogP contribution >= 0.6 is 0 Å². The molecule has 75 heavy (non-hydrogen) atoms. The predicted molar refractivity (Wildman–Crippen MR) is 303 cm³/mol. The van der Waals surface area contributed by atoms with E-state index < -0.39 is 67.3 Å². The molecule has 0 aromatic heterocycles. The van der Waals surface area contributed by atoms with Gasteiger partial charge in [0.25, 0.3) is 0 Å². The van der Waals surface area contributed by atoms with Gasteiger partial charge in [-0.1, -0.05) is 256 Å². The summed E-state index contributed by atoms with van der Waals surface area (Å²) < 4.78 is 28.4. The Labute approximate surface area is 457 Å². The number of carbonyl (C=O) groups is 4. The van der Waals surface area contributed by atoms with E-state index in [4.69, 9.17) is 23.7 Å². The van der Waals surface area contributed by atoms with E-state index in [1.54, 1.807) is 0 Å². The van der Waals surface area contributed by atoms with Crippen molar-refractivity contribution < 1.29 is 58.2 Å². The first-order chi connectivity index (χ1) is 36.6. The average molecular weight is 1060 g/mol. The third kappa shape index (κ3) is 41.7. The van der Waals surface area contributed by atoms with Crippen LogP contribution in [0.4, 0.5) is 0 Å². The minimum atomic E-state index is -1.90. The highest BCUT2D eigenvalue weighted by molar-refractivity contribution is 5.74. The highest BCUT2D eigenvalue weighted by Gasteiger charge is 2.50. The SMILES string of the molecule is CC/C=C\C/C=C\C/C=C\CCCCCCCCCC(=O)OCC(COC1OC(C(=O)O)C(O)C(O)C1OC(=O)CCCCCCCCCCCCCCCCCCCCC)OC(=O)CCCCCCCCCCC. The molecule has 3 N–H and O–H groups in total. The molecule has 1 aliphatic heterocycles. The minimum absolute atomic E-state index is 0.0660. The molecule has 0 aliphatic carbocycles. The lowest BCUT2D eigenvalue weighted by Gasteiger charge is -2.40. The van der Waals surface area contributed by atoms with E-state index in [9.17, 15) is 34.5 Å². The first-order valence-corrected chi connectivity index (χ1v) is 31.0. The van der Waals surface area contributed by atoms with Gasteiger partial charge in [-0.05, 0) is 51.4 Å². The topological polar surface area (TPSA) is 175 Å². The molecule has 1 fully saturated rings. The molecule has 6 atom stereocenters. The fraction of sp³-hybridized carbons (Fsp3) is 0.841. The first-order valence-electron chi connectivity index (χ1n) is 31.0. The number of aliphatic hydroxyl groups excluding tert-OH is 2. The van der Waals surface area contributed by atoms with Gasteiger partial charge in [0, 0.05) is 19.3 Å². The number of esters is 3. The lowest BCUT2D eigenvalue weighted by Crippen LogP contribution is -2.61. The fourth-order valence-corrected chi connectivity index (χ4v) is 9.50. The molecule has 436 valence electrons. The maximum atomic E-state index is 13.1. The van der Waals surface area contributed by atoms with Crippen molar-refractivity contribution in [2.24, 2.45) is 0 Å². The van der Waals surface area contributed by atoms with Crippen LogP contribution in [0.2, 0.25) is 0 Å². The smallest absolute Gasteiger partial charge is 0.335 e. The molecule has 0 radical (unpaired) electrons. The van der Waals surface area contributed by atoms with Crippen LogP contribution in [0, 0.1) is 0 Å². The quantitative estimate of drug-likeness (QED) is 0.0228. The Hall–Kier alpha value is -3.06. The van der Waals surface area contributed by atoms with E-state index in [1.807, 2.05) is 0 Å². The van der Waals surface area contributed by atoms with Gasteiger partial charge < -0.3 is 39.0 Å². The largest absolute Gasteiger partial charge is 0.479 e. The van der Waals surface area contributed by atoms with Crippen LogP contribution in [0.25, 0.3) is 0 Å². The van der Waals surface area contributed by atoms with Crippen LogP contribution in [-0.2, 0) is 42.9 Å². The Balaban J connectivity index is 2.59. The van der Waals surface area contributed by atoms with E-state index in [0.29, 0.717) is 19.3 Å². The van der Waals surface area contributed by atoms with Crippen molar-refractivity contribution in [2.45, 2.75) is 327 Å². The molecule has 0 aromatic carbocycles. The number of hydrogen-bond donors (Lipinski definition) is 3. The van der Waals surface area contributed by atoms with Crippen LogP contribution in [0.1, 0.15) is 290 Å². The van der Waals surface area contributed by atoms with Gasteiger partial charge in [0.2, 0.25) is 0 Å². The number of hydrogen-bond acceptors (Lipinski definition) is 11. The lowest BCUT2D eigenvalue weighted by atomic mass is 9.98. The Bertz CT molecular complexity index is 1450. The Morgan fingerprint density at radius 3 is 1.28 bits per heavy atom. The first kappa shape index (κ1) is 70.0. The molecule has 0 saturated carbocycles. The maximum Gasteiger partial charge on any atom is 0.335 e. The third-order valence-corrected chi connectivity index (χ3v) is 14.2. The third-order valence-electron chi connectivity index (χ3n) is 14.2. The lowest BCUT2D eigenvalue weighted by molar-refractivity contribution is -0.301. The second-order valence-electron chi connectivity index (χ2n) is 21.3. The van der Waals surface area contributed by atoms with Gasteiger partial charge in [-0.15, -0.1) is 0 Å². The Morgan fingerprint density at radius 1 is 0.453 bits per heavy atom. The zero-order chi connectivity index (χ0) is 54.7. The van der Waals surface area contributed by atoms with Crippen molar-refractivity contribution in [3.05, 3.63) is 36.5 Å². The predicted octanol–water partition coefficient (Wildman–Crippen LogP) is 16.0. The summed E-state index contributed by atoms with van der Waals surface area (Å²) in [6.45, 7) is 5.88. The molecule has 1 saturated heterocycles. The van der Waals surface area contributed by atoms with Gasteiger partial charge in [0.15, 0.2) is 24.6 Å². The number of aliphatic hydroxyl groups is 2. The molecule has 6 unspecified atom stereocenters. The number of ether oxygens (including phenoxy) is 5. The van der Waals surface area contributed by atoms with E-state index in [2.05, 4.69) is 57.2 Å². The van der Waals surface area contributed by atoms with Crippen molar-refractivity contribution >= 4 is 23.9 Å². The number of allylic oxidation sites excluding steroid dienone is 6. The summed E-state index contributed by atoms with van der Waals surface area (Å²) in [6.07, 6.45) is 48.4. The second kappa shape index (κ2) is 51.7. The average Bonchev–Trinajstić information content (AvgIpc) is 3.39. The van der Waals surface area contributed by atoms with Crippen molar-refractivity contribution in [1.29, 1.82) is 0 Å². The summed E-state index contributed by atoms with van der Waals surface area (Å²) in [5.41, 5.74) is 0. The van der Waals surface area contributed by atoms with Crippen molar-refractivity contribution in [3.63, 3.8) is 0 Å². The highest BCUT2D eigenvalue weighted by Crippen LogP contribution is 2.27. The van der Waals surface area contributed by atoms with E-state index in [-0.39, 0.29) is 25.9 Å². The molecule has 0 spiro atoms. The van der Waals surface area contributed by atoms with Gasteiger partial charge >= 0.3 is 23.9 Å². The monoisotopic (exact) mass is 1060 g/mol. The van der Waals surface area contributed by atoms with E-state index >= 15 is 0 Å². The fourth-order valence-electron chi connectivity index (χ4n) is 9.50. The van der Waals surface area contributed by atoms with Crippen LogP contribution in [0.3, 0.4) is 0 Å². The molecule has 1 aliphatic rings. The van der Waals surface area contributed by atoms with Crippen LogP contribution < -0.4 is 0 Å². The number of carboxylic acids is 1. The number of carbonyl (C=O) groups excluding carboxylic acids is 3. The van der Waals surface area contributed by atoms with Gasteiger partial charge in [0.1, 0.15) is 18.8 Å². The molecule has 0 aromatic rings. The minimum Gasteiger partial charge on any atom is -0.479 e. The summed E-state index contributed by atoms with van der Waals surface area (Å²) >= 11 is 0. The number of carboxylic acid groups (broad SMARTS) is 1. The van der Waals surface area contributed by atoms with Crippen LogP contribution in [-0.4, -0.2) is 89.2 Å². The van der Waals surface area contributed by atoms with Crippen LogP contribution in [0.15, 0.2) is 36.5 Å². The molecular weight excluding hydrogens is 949 g/mol. The molecule has 1 heterocycles. The maximum absolute atomic E-state index is 13.1. The van der Waals surface area contributed by atoms with E-state index in [1.165, 1.54) is 141 Å². The Kier molecular flexibility index (Phi) is 48.2. The Morgan fingerprint density at radius 2 is 0.840 bits per heavy atom. The summed E-state index contributed by atoms with van der Waals surface area (Å²) in [4.78, 5) is 51.1. The number of unbranched alkanes of at least 4 members (excludes halogenated alkanes) is 33. The van der Waals surface area contributed by atoms with Crippen LogP contribution in [0.5, 0.6) is 0 Å². The van der Waals surface area contributed by atoms with Crippen molar-refractivity contribution in [3.8, 4) is 0 Å². The van der Waals surface area contributed by atoms with E-state index in [0.717, 1.165) is 89.9 Å². The summed E-state index contributed by atoms with van der Waals surface area (Å²) in [6, 6.07) is 0. The standard InChI is InChI=1S/C63H112O12/c1-4-7-10-13-16-19-21-23-25-27-28-30-32-34-36-39-42-45-48-51-57(66)74-61-59(68)58(67)60(62(69)70)75-63(61)72-53-54(73-56(65)50-47-44-41-37-18-15-12-9-6-3)52-71-55(64)49-46-43-40-38-35-33-31-29-26-24-22-20-17-14-11-8-5-2/h8,11,17,20,24,26,54,58-61,63,67-68H,4-7,9-10,12-16,18-19,21-23,25,27-53H2,1-3H3,(H,69,70)/b11-8-,20-17-,26-24-. The molecule has 0 amide bonds. The molecule has 12 nitrogen and oxygen atoms in total. The van der Waals surface area contributed by atoms with Crippen molar-refractivity contribution in [2.75, 3.05) is 13.2 Å². The van der Waals surface area contributed by atoms with Crippen molar-refractivity contribution in [1.82, 2.24) is 0 Å². The van der Waals surface area contributed by atoms with Gasteiger partial charge in [-0.25, -0.2) is 4.79 Å². The number of rotatable bonds is 53. The zero-order valence-corrected chi connectivity index (χ0v) is 48.1. The summed E-state index contributed by atoms with van der Waals surface area (Å²) in [5.74, 6) is -3.10. The zero-order valence-electron chi connectivity index (χ0n) is 48.1. The molecule has 0 bridgehead atoms. The molecular formula is C63H112O12. The molecule has 12 heteroatoms. The highest BCUT2D eigenvalue weighted by atomic mass is 16.7.